The third kappa shape index (κ3) is 3.84. The van der Waals surface area contributed by atoms with Crippen molar-refractivity contribution in [1.82, 2.24) is 5.32 Å². The van der Waals surface area contributed by atoms with E-state index in [1.165, 1.54) is 0 Å². The zero-order valence-electron chi connectivity index (χ0n) is 12.1. The predicted molar refractivity (Wildman–Crippen MR) is 83.5 cm³/mol. The fourth-order valence-corrected chi connectivity index (χ4v) is 2.76. The highest BCUT2D eigenvalue weighted by Gasteiger charge is 2.41. The lowest BCUT2D eigenvalue weighted by Gasteiger charge is -2.42. The van der Waals surface area contributed by atoms with E-state index in [9.17, 15) is 9.59 Å². The van der Waals surface area contributed by atoms with Crippen LogP contribution in [0.2, 0.25) is 10.0 Å². The number of aliphatic carboxylic acids is 1. The summed E-state index contributed by atoms with van der Waals surface area (Å²) >= 11 is 11.9. The Morgan fingerprint density at radius 2 is 2.09 bits per heavy atom. The van der Waals surface area contributed by atoms with E-state index in [4.69, 9.17) is 33.0 Å². The minimum absolute atomic E-state index is 0.0800. The summed E-state index contributed by atoms with van der Waals surface area (Å²) in [6, 6.07) is 4.91. The summed E-state index contributed by atoms with van der Waals surface area (Å²) in [4.78, 5) is 23.1. The standard InChI is InChI=1S/C15H17Cl2NO4/c1-9(22-11-5-2-4-10(16)13(11)17)14(21)18-15(6-3-7-15)8-12(19)20/h2,4-5,9H,3,6-8H2,1H3,(H,18,21)(H,19,20). The van der Waals surface area contributed by atoms with Gasteiger partial charge in [0.15, 0.2) is 6.10 Å². The quantitative estimate of drug-likeness (QED) is 0.829. The lowest BCUT2D eigenvalue weighted by molar-refractivity contribution is -0.141. The number of carboxylic acids is 1. The first-order valence-corrected chi connectivity index (χ1v) is 7.73. The van der Waals surface area contributed by atoms with Gasteiger partial charge in [-0.3, -0.25) is 9.59 Å². The summed E-state index contributed by atoms with van der Waals surface area (Å²) in [6.45, 7) is 1.58. The van der Waals surface area contributed by atoms with Gasteiger partial charge in [-0.25, -0.2) is 0 Å². The Bertz CT molecular complexity index is 587. The molecule has 0 heterocycles. The largest absolute Gasteiger partial charge is 0.481 e. The number of carbonyl (C=O) groups is 2. The second-order valence-electron chi connectivity index (χ2n) is 5.51. The summed E-state index contributed by atoms with van der Waals surface area (Å²) in [5.41, 5.74) is -0.654. The second kappa shape index (κ2) is 6.75. The van der Waals surface area contributed by atoms with E-state index < -0.39 is 17.6 Å². The van der Waals surface area contributed by atoms with Gasteiger partial charge in [0.25, 0.3) is 5.91 Å². The smallest absolute Gasteiger partial charge is 0.305 e. The molecule has 1 aromatic rings. The molecular formula is C15H17Cl2NO4. The van der Waals surface area contributed by atoms with E-state index in [0.717, 1.165) is 6.42 Å². The normalized spacial score (nSPS) is 17.2. The lowest BCUT2D eigenvalue weighted by Crippen LogP contribution is -2.57. The van der Waals surface area contributed by atoms with Crippen LogP contribution in [0.15, 0.2) is 18.2 Å². The van der Waals surface area contributed by atoms with Crippen molar-refractivity contribution in [2.24, 2.45) is 0 Å². The molecule has 5 nitrogen and oxygen atoms in total. The first-order chi connectivity index (χ1) is 10.3. The number of rotatable bonds is 6. The first kappa shape index (κ1) is 16.9. The van der Waals surface area contributed by atoms with E-state index in [1.54, 1.807) is 25.1 Å². The number of nitrogens with one attached hydrogen (secondary N) is 1. The minimum Gasteiger partial charge on any atom is -0.481 e. The molecule has 22 heavy (non-hydrogen) atoms. The van der Waals surface area contributed by atoms with Gasteiger partial charge in [0.2, 0.25) is 0 Å². The maximum absolute atomic E-state index is 12.2. The minimum atomic E-state index is -0.925. The average Bonchev–Trinajstić information content (AvgIpc) is 2.40. The number of amides is 1. The molecule has 0 radical (unpaired) electrons. The summed E-state index contributed by atoms with van der Waals surface area (Å²) in [7, 11) is 0. The molecule has 0 aromatic heterocycles. The Morgan fingerprint density at radius 3 is 2.64 bits per heavy atom. The van der Waals surface area contributed by atoms with Crippen molar-refractivity contribution in [3.63, 3.8) is 0 Å². The van der Waals surface area contributed by atoms with Gasteiger partial charge < -0.3 is 15.2 Å². The topological polar surface area (TPSA) is 75.6 Å². The molecule has 0 saturated heterocycles. The number of hydrogen-bond acceptors (Lipinski definition) is 3. The van der Waals surface area contributed by atoms with Gasteiger partial charge in [0.05, 0.1) is 17.0 Å². The lowest BCUT2D eigenvalue weighted by atomic mass is 9.74. The summed E-state index contributed by atoms with van der Waals surface area (Å²) in [5.74, 6) is -0.971. The SMILES string of the molecule is CC(Oc1cccc(Cl)c1Cl)C(=O)NC1(CC(=O)O)CCC1. The molecule has 7 heteroatoms. The van der Waals surface area contributed by atoms with Gasteiger partial charge in [-0.1, -0.05) is 29.3 Å². The van der Waals surface area contributed by atoms with Crippen molar-refractivity contribution in [2.45, 2.75) is 44.2 Å². The van der Waals surface area contributed by atoms with E-state index in [0.29, 0.717) is 23.6 Å². The summed E-state index contributed by atoms with van der Waals surface area (Å²) in [6.07, 6.45) is 1.35. The molecule has 1 atom stereocenters. The van der Waals surface area contributed by atoms with Crippen molar-refractivity contribution in [2.75, 3.05) is 0 Å². The monoisotopic (exact) mass is 345 g/mol. The van der Waals surface area contributed by atoms with Crippen LogP contribution < -0.4 is 10.1 Å². The highest BCUT2D eigenvalue weighted by atomic mass is 35.5. The highest BCUT2D eigenvalue weighted by Crippen LogP contribution is 2.35. The van der Waals surface area contributed by atoms with Crippen LogP contribution in [0.25, 0.3) is 0 Å². The Morgan fingerprint density at radius 1 is 1.41 bits per heavy atom. The zero-order chi connectivity index (χ0) is 16.3. The maximum atomic E-state index is 12.2. The molecule has 0 aliphatic heterocycles. The molecule has 120 valence electrons. The van der Waals surface area contributed by atoms with Gasteiger partial charge in [0.1, 0.15) is 10.8 Å². The fraction of sp³-hybridized carbons (Fsp3) is 0.467. The first-order valence-electron chi connectivity index (χ1n) is 6.97. The molecule has 1 amide bonds. The Hall–Kier alpha value is -1.46. The van der Waals surface area contributed by atoms with E-state index in [2.05, 4.69) is 5.32 Å². The van der Waals surface area contributed by atoms with Crippen molar-refractivity contribution in [3.05, 3.63) is 28.2 Å². The average molecular weight is 346 g/mol. The molecule has 0 spiro atoms. The molecule has 1 aliphatic carbocycles. The van der Waals surface area contributed by atoms with Crippen LogP contribution in [0.3, 0.4) is 0 Å². The number of carbonyl (C=O) groups excluding carboxylic acids is 1. The van der Waals surface area contributed by atoms with Crippen LogP contribution in [-0.4, -0.2) is 28.6 Å². The number of benzene rings is 1. The Labute approximate surface area is 138 Å². The molecular weight excluding hydrogens is 329 g/mol. The maximum Gasteiger partial charge on any atom is 0.305 e. The Kier molecular flexibility index (Phi) is 5.19. The number of ether oxygens (including phenoxy) is 1. The van der Waals surface area contributed by atoms with E-state index in [-0.39, 0.29) is 17.4 Å². The predicted octanol–water partition coefficient (Wildman–Crippen LogP) is 3.27. The summed E-state index contributed by atoms with van der Waals surface area (Å²) < 4.78 is 5.53. The second-order valence-corrected chi connectivity index (χ2v) is 6.29. The van der Waals surface area contributed by atoms with Crippen LogP contribution in [-0.2, 0) is 9.59 Å². The molecule has 1 aromatic carbocycles. The van der Waals surface area contributed by atoms with Crippen molar-refractivity contribution in [1.29, 1.82) is 0 Å². The van der Waals surface area contributed by atoms with Crippen LogP contribution in [0, 0.1) is 0 Å². The third-order valence-electron chi connectivity index (χ3n) is 3.78. The third-order valence-corrected chi connectivity index (χ3v) is 4.58. The number of hydrogen-bond donors (Lipinski definition) is 2. The van der Waals surface area contributed by atoms with Crippen LogP contribution in [0.4, 0.5) is 0 Å². The number of carboxylic acid groups (broad SMARTS) is 1. The zero-order valence-corrected chi connectivity index (χ0v) is 13.6. The van der Waals surface area contributed by atoms with Crippen LogP contribution >= 0.6 is 23.2 Å². The van der Waals surface area contributed by atoms with E-state index in [1.807, 2.05) is 0 Å². The van der Waals surface area contributed by atoms with Gasteiger partial charge in [0, 0.05) is 0 Å². The van der Waals surface area contributed by atoms with Gasteiger partial charge >= 0.3 is 5.97 Å². The highest BCUT2D eigenvalue weighted by molar-refractivity contribution is 6.42. The fourth-order valence-electron chi connectivity index (χ4n) is 2.42. The molecule has 1 aliphatic rings. The van der Waals surface area contributed by atoms with Crippen molar-refractivity contribution < 1.29 is 19.4 Å². The van der Waals surface area contributed by atoms with Gasteiger partial charge in [-0.15, -0.1) is 0 Å². The van der Waals surface area contributed by atoms with Crippen molar-refractivity contribution >= 4 is 35.1 Å². The Balaban J connectivity index is 2.00. The van der Waals surface area contributed by atoms with E-state index >= 15 is 0 Å². The number of halogens is 2. The molecule has 0 bridgehead atoms. The van der Waals surface area contributed by atoms with Crippen LogP contribution in [0.1, 0.15) is 32.6 Å². The molecule has 1 fully saturated rings. The summed E-state index contributed by atoms with van der Waals surface area (Å²) in [5, 5.41) is 12.3. The molecule has 1 unspecified atom stereocenters. The van der Waals surface area contributed by atoms with Crippen molar-refractivity contribution in [3.8, 4) is 5.75 Å². The van der Waals surface area contributed by atoms with Crippen LogP contribution in [0.5, 0.6) is 5.75 Å². The molecule has 1 saturated carbocycles. The molecule has 2 rings (SSSR count). The molecule has 2 N–H and O–H groups in total. The van der Waals surface area contributed by atoms with Gasteiger partial charge in [-0.2, -0.15) is 0 Å². The van der Waals surface area contributed by atoms with Gasteiger partial charge in [-0.05, 0) is 38.3 Å².